The molecule has 2 aromatic carbocycles. The number of Topliss-reactive ketones (excluding diaryl/α,β-unsaturated/α-hetero) is 1. The van der Waals surface area contributed by atoms with Crippen molar-refractivity contribution in [2.75, 3.05) is 18.5 Å². The third-order valence-electron chi connectivity index (χ3n) is 5.44. The maximum atomic E-state index is 11.0. The van der Waals surface area contributed by atoms with E-state index in [2.05, 4.69) is 10.3 Å². The lowest BCUT2D eigenvalue weighted by atomic mass is 10.1. The first-order valence-electron chi connectivity index (χ1n) is 11.6. The van der Waals surface area contributed by atoms with Crippen molar-refractivity contribution >= 4 is 29.3 Å². The minimum Gasteiger partial charge on any atom is -0.393 e. The van der Waals surface area contributed by atoms with Crippen LogP contribution in [-0.4, -0.2) is 53.5 Å². The van der Waals surface area contributed by atoms with Gasteiger partial charge in [0.25, 0.3) is 11.7 Å². The summed E-state index contributed by atoms with van der Waals surface area (Å²) in [6.45, 7) is 4.52. The monoisotopic (exact) mass is 468 g/mol. The summed E-state index contributed by atoms with van der Waals surface area (Å²) in [5.74, 6) is -1.93. The smallest absolute Gasteiger partial charge is 0.296 e. The number of carbonyl (C=O) groups excluding carboxylic acids is 2. The fourth-order valence-electron chi connectivity index (χ4n) is 3.67. The molecule has 2 heterocycles. The van der Waals surface area contributed by atoms with Gasteiger partial charge in [0, 0.05) is 5.56 Å². The minimum absolute atomic E-state index is 0.328. The first kappa shape index (κ1) is 25.7. The minimum atomic E-state index is -0.950. The molecule has 0 fully saturated rings. The maximum absolute atomic E-state index is 11.0. The van der Waals surface area contributed by atoms with E-state index in [0.29, 0.717) is 37.3 Å². The number of benzene rings is 2. The van der Waals surface area contributed by atoms with Crippen LogP contribution >= 0.6 is 0 Å². The molecule has 0 saturated carbocycles. The van der Waals surface area contributed by atoms with Crippen molar-refractivity contribution in [1.29, 1.82) is 0 Å². The molecule has 182 valence electrons. The molecule has 8 nitrogen and oxygen atoms in total. The van der Waals surface area contributed by atoms with Crippen molar-refractivity contribution in [2.24, 2.45) is 4.99 Å². The van der Waals surface area contributed by atoms with Gasteiger partial charge in [-0.2, -0.15) is 0 Å². The Morgan fingerprint density at radius 3 is 2.12 bits per heavy atom. The van der Waals surface area contributed by atoms with Crippen LogP contribution in [0, 0.1) is 0 Å². The molecule has 1 amide bonds. The number of ketones is 1. The third kappa shape index (κ3) is 6.57. The lowest BCUT2D eigenvalue weighted by molar-refractivity contribution is -0.193. The fourth-order valence-corrected chi connectivity index (χ4v) is 3.67. The highest BCUT2D eigenvalue weighted by Crippen LogP contribution is 2.39. The van der Waals surface area contributed by atoms with Gasteiger partial charge in [0.15, 0.2) is 0 Å². The van der Waals surface area contributed by atoms with E-state index in [1.54, 1.807) is 44.3 Å². The summed E-state index contributed by atoms with van der Waals surface area (Å²) in [5, 5.41) is 21.2. The summed E-state index contributed by atoms with van der Waals surface area (Å²) in [4.78, 5) is 26.2. The molecule has 34 heavy (non-hydrogen) atoms. The van der Waals surface area contributed by atoms with Crippen LogP contribution in [0.2, 0.25) is 0 Å². The molecule has 0 spiro atoms. The third-order valence-corrected chi connectivity index (χ3v) is 5.44. The Balaban J connectivity index is 0.000000243. The standard InChI is InChI=1S/C18H27NO4.C8H5NO2/c1-14(20)7-5-11-22-18(23-12-6-8-15(2)21)13-19-17-10-4-3-9-16(17)18;10-7-5-3-1-2-4-6(5)9-8(7)11/h3-4,9-10,13-15,20-21H,5-8,11-12H2,1-2H3;1-4H,(H,9,10,11). The zero-order valence-electron chi connectivity index (χ0n) is 19.6. The molecule has 2 aromatic rings. The van der Waals surface area contributed by atoms with Crippen LogP contribution in [0.4, 0.5) is 11.4 Å². The van der Waals surface area contributed by atoms with Crippen molar-refractivity contribution in [3.8, 4) is 0 Å². The van der Waals surface area contributed by atoms with E-state index in [4.69, 9.17) is 9.47 Å². The highest BCUT2D eigenvalue weighted by molar-refractivity contribution is 6.51. The topological polar surface area (TPSA) is 117 Å². The van der Waals surface area contributed by atoms with Gasteiger partial charge >= 0.3 is 0 Å². The molecule has 0 aliphatic carbocycles. The highest BCUT2D eigenvalue weighted by atomic mass is 16.7. The molecule has 2 aliphatic rings. The number of amides is 1. The van der Waals surface area contributed by atoms with Gasteiger partial charge in [-0.25, -0.2) is 0 Å². The van der Waals surface area contributed by atoms with Gasteiger partial charge in [0.2, 0.25) is 5.79 Å². The normalized spacial score (nSPS) is 19.6. The van der Waals surface area contributed by atoms with Crippen LogP contribution in [0.5, 0.6) is 0 Å². The SMILES string of the molecule is CC(O)CCCOC1(OCCCC(C)O)C=Nc2ccccc21.O=C1Nc2ccccc2C1=O. The number of anilines is 1. The lowest BCUT2D eigenvalue weighted by Crippen LogP contribution is -2.34. The zero-order chi connectivity index (χ0) is 24.6. The van der Waals surface area contributed by atoms with E-state index < -0.39 is 17.5 Å². The van der Waals surface area contributed by atoms with Gasteiger partial charge < -0.3 is 25.0 Å². The Morgan fingerprint density at radius 1 is 0.912 bits per heavy atom. The van der Waals surface area contributed by atoms with Crippen LogP contribution in [0.1, 0.15) is 55.5 Å². The van der Waals surface area contributed by atoms with E-state index in [1.165, 1.54) is 0 Å². The van der Waals surface area contributed by atoms with Gasteiger partial charge in [-0.3, -0.25) is 14.6 Å². The van der Waals surface area contributed by atoms with Gasteiger partial charge in [0.1, 0.15) is 0 Å². The summed E-state index contributed by atoms with van der Waals surface area (Å²) < 4.78 is 12.1. The predicted octanol–water partition coefficient (Wildman–Crippen LogP) is 3.73. The molecular weight excluding hydrogens is 436 g/mol. The van der Waals surface area contributed by atoms with Crippen molar-refractivity contribution in [1.82, 2.24) is 0 Å². The van der Waals surface area contributed by atoms with E-state index >= 15 is 0 Å². The Bertz CT molecular complexity index is 1000. The van der Waals surface area contributed by atoms with Crippen molar-refractivity contribution in [3.63, 3.8) is 0 Å². The number of aliphatic hydroxyl groups is 2. The largest absolute Gasteiger partial charge is 0.393 e. The number of nitrogens with zero attached hydrogens (tertiary/aromatic N) is 1. The molecule has 2 atom stereocenters. The second kappa shape index (κ2) is 12.0. The number of ether oxygens (including phenoxy) is 2. The molecular formula is C26H32N2O6. The summed E-state index contributed by atoms with van der Waals surface area (Å²) in [5.41, 5.74) is 2.85. The number of hydrogen-bond donors (Lipinski definition) is 3. The molecule has 2 unspecified atom stereocenters. The Morgan fingerprint density at radius 2 is 1.50 bits per heavy atom. The fraction of sp³-hybridized carbons (Fsp3) is 0.423. The van der Waals surface area contributed by atoms with Crippen LogP contribution in [0.15, 0.2) is 53.5 Å². The van der Waals surface area contributed by atoms with Crippen LogP contribution in [0.3, 0.4) is 0 Å². The number of fused-ring (bicyclic) bond motifs is 2. The van der Waals surface area contributed by atoms with E-state index in [0.717, 1.165) is 24.1 Å². The number of carbonyl (C=O) groups is 2. The first-order chi connectivity index (χ1) is 16.3. The average Bonchev–Trinajstić information content (AvgIpc) is 3.32. The van der Waals surface area contributed by atoms with Crippen molar-refractivity contribution in [3.05, 3.63) is 59.7 Å². The molecule has 0 aromatic heterocycles. The average molecular weight is 469 g/mol. The molecule has 0 radical (unpaired) electrons. The Labute approximate surface area is 199 Å². The summed E-state index contributed by atoms with van der Waals surface area (Å²) in [6, 6.07) is 14.6. The second-order valence-electron chi connectivity index (χ2n) is 8.45. The number of aliphatic imine (C=N–C) groups is 1. The van der Waals surface area contributed by atoms with Crippen LogP contribution in [0.25, 0.3) is 0 Å². The Kier molecular flexibility index (Phi) is 9.06. The molecule has 3 N–H and O–H groups in total. The number of rotatable bonds is 10. The zero-order valence-corrected chi connectivity index (χ0v) is 19.6. The molecule has 0 bridgehead atoms. The van der Waals surface area contributed by atoms with Crippen molar-refractivity contribution in [2.45, 2.75) is 57.5 Å². The van der Waals surface area contributed by atoms with Gasteiger partial charge in [-0.05, 0) is 57.7 Å². The number of aliphatic hydroxyl groups excluding tert-OH is 2. The van der Waals surface area contributed by atoms with Crippen LogP contribution < -0.4 is 5.32 Å². The molecule has 4 rings (SSSR count). The summed E-state index contributed by atoms with van der Waals surface area (Å²) in [7, 11) is 0. The Hall–Kier alpha value is -2.91. The van der Waals surface area contributed by atoms with Gasteiger partial charge in [-0.15, -0.1) is 0 Å². The number of para-hydroxylation sites is 2. The molecule has 8 heteroatoms. The predicted molar refractivity (Wildman–Crippen MR) is 129 cm³/mol. The molecule has 0 saturated heterocycles. The van der Waals surface area contributed by atoms with E-state index in [9.17, 15) is 19.8 Å². The maximum Gasteiger partial charge on any atom is 0.296 e. The van der Waals surface area contributed by atoms with Crippen molar-refractivity contribution < 1.29 is 29.3 Å². The first-order valence-corrected chi connectivity index (χ1v) is 11.6. The van der Waals surface area contributed by atoms with E-state index in [-0.39, 0.29) is 12.2 Å². The highest BCUT2D eigenvalue weighted by Gasteiger charge is 2.38. The van der Waals surface area contributed by atoms with Gasteiger partial charge in [0.05, 0.1) is 48.6 Å². The molecule has 2 aliphatic heterocycles. The number of hydrogen-bond acceptors (Lipinski definition) is 7. The van der Waals surface area contributed by atoms with Gasteiger partial charge in [-0.1, -0.05) is 30.3 Å². The lowest BCUT2D eigenvalue weighted by Gasteiger charge is -2.28. The number of nitrogens with one attached hydrogen (secondary N) is 1. The van der Waals surface area contributed by atoms with Crippen LogP contribution in [-0.2, 0) is 20.1 Å². The summed E-state index contributed by atoms with van der Waals surface area (Å²) in [6.07, 6.45) is 3.95. The summed E-state index contributed by atoms with van der Waals surface area (Å²) >= 11 is 0. The quantitative estimate of drug-likeness (QED) is 0.278. The van der Waals surface area contributed by atoms with E-state index in [1.807, 2.05) is 24.3 Å². The second-order valence-corrected chi connectivity index (χ2v) is 8.45.